The first-order valence-corrected chi connectivity index (χ1v) is 6.54. The lowest BCUT2D eigenvalue weighted by atomic mass is 9.98. The van der Waals surface area contributed by atoms with E-state index >= 15 is 0 Å². The molecule has 2 aromatic carbocycles. The molecule has 0 bridgehead atoms. The molecule has 0 spiro atoms. The summed E-state index contributed by atoms with van der Waals surface area (Å²) in [4.78, 5) is 10.4. The monoisotopic (exact) mass is 271 g/mol. The van der Waals surface area contributed by atoms with E-state index in [9.17, 15) is 15.2 Å². The number of aliphatic hydroxyl groups is 1. The molecule has 0 aliphatic carbocycles. The van der Waals surface area contributed by atoms with Gasteiger partial charge in [-0.1, -0.05) is 31.2 Å². The summed E-state index contributed by atoms with van der Waals surface area (Å²) in [6, 6.07) is 12.4. The van der Waals surface area contributed by atoms with Crippen LogP contribution < -0.4 is 0 Å². The van der Waals surface area contributed by atoms with Crippen LogP contribution in [-0.2, 0) is 6.42 Å². The lowest BCUT2D eigenvalue weighted by molar-refractivity contribution is -0.385. The second kappa shape index (κ2) is 5.84. The summed E-state index contributed by atoms with van der Waals surface area (Å²) in [5, 5.41) is 21.1. The van der Waals surface area contributed by atoms with Crippen molar-refractivity contribution in [3.05, 3.63) is 74.8 Å². The van der Waals surface area contributed by atoms with Crippen molar-refractivity contribution in [1.29, 1.82) is 0 Å². The van der Waals surface area contributed by atoms with Gasteiger partial charge >= 0.3 is 0 Å². The Morgan fingerprint density at radius 3 is 2.25 bits per heavy atom. The standard InChI is InChI=1S/C16H17NO3/c1-3-12-4-6-13(7-5-12)16(18)14-8-9-15(17(19)20)11(2)10-14/h4-10,16,18H,3H2,1-2H3. The molecule has 4 nitrogen and oxygen atoms in total. The van der Waals surface area contributed by atoms with Gasteiger partial charge in [-0.15, -0.1) is 0 Å². The minimum atomic E-state index is -0.764. The molecule has 20 heavy (non-hydrogen) atoms. The minimum Gasteiger partial charge on any atom is -0.384 e. The van der Waals surface area contributed by atoms with Crippen LogP contribution >= 0.6 is 0 Å². The first-order chi connectivity index (χ1) is 9.52. The molecule has 0 radical (unpaired) electrons. The number of benzene rings is 2. The van der Waals surface area contributed by atoms with E-state index in [4.69, 9.17) is 0 Å². The number of rotatable bonds is 4. The molecule has 4 heteroatoms. The maximum Gasteiger partial charge on any atom is 0.272 e. The normalized spacial score (nSPS) is 12.2. The number of hydrogen-bond donors (Lipinski definition) is 1. The van der Waals surface area contributed by atoms with Crippen molar-refractivity contribution in [2.45, 2.75) is 26.4 Å². The highest BCUT2D eigenvalue weighted by Gasteiger charge is 2.15. The van der Waals surface area contributed by atoms with Crippen LogP contribution in [0.15, 0.2) is 42.5 Å². The molecular formula is C16H17NO3. The van der Waals surface area contributed by atoms with Crippen LogP contribution in [0, 0.1) is 17.0 Å². The number of nitrogens with zero attached hydrogens (tertiary/aromatic N) is 1. The quantitative estimate of drug-likeness (QED) is 0.683. The van der Waals surface area contributed by atoms with Crippen molar-refractivity contribution in [1.82, 2.24) is 0 Å². The Labute approximate surface area is 117 Å². The smallest absolute Gasteiger partial charge is 0.272 e. The molecule has 1 unspecified atom stereocenters. The van der Waals surface area contributed by atoms with Gasteiger partial charge in [0, 0.05) is 11.6 Å². The van der Waals surface area contributed by atoms with Gasteiger partial charge < -0.3 is 5.11 Å². The van der Waals surface area contributed by atoms with Gasteiger partial charge in [-0.25, -0.2) is 0 Å². The van der Waals surface area contributed by atoms with Crippen molar-refractivity contribution in [2.75, 3.05) is 0 Å². The molecule has 0 fully saturated rings. The van der Waals surface area contributed by atoms with E-state index in [0.717, 1.165) is 12.0 Å². The Hall–Kier alpha value is -2.20. The Bertz CT molecular complexity index is 620. The average molecular weight is 271 g/mol. The van der Waals surface area contributed by atoms with E-state index < -0.39 is 11.0 Å². The summed E-state index contributed by atoms with van der Waals surface area (Å²) in [6.07, 6.45) is 0.188. The topological polar surface area (TPSA) is 63.4 Å². The van der Waals surface area contributed by atoms with E-state index in [0.29, 0.717) is 11.1 Å². The highest BCUT2D eigenvalue weighted by molar-refractivity contribution is 5.44. The molecule has 2 aromatic rings. The second-order valence-corrected chi connectivity index (χ2v) is 4.80. The zero-order valence-corrected chi connectivity index (χ0v) is 11.5. The molecule has 0 aliphatic heterocycles. The van der Waals surface area contributed by atoms with Crippen LogP contribution in [0.1, 0.15) is 35.3 Å². The summed E-state index contributed by atoms with van der Waals surface area (Å²) >= 11 is 0. The predicted molar refractivity (Wildman–Crippen MR) is 77.7 cm³/mol. The third-order valence-corrected chi connectivity index (χ3v) is 3.44. The van der Waals surface area contributed by atoms with Gasteiger partial charge in [-0.3, -0.25) is 10.1 Å². The minimum absolute atomic E-state index is 0.0716. The van der Waals surface area contributed by atoms with Crippen LogP contribution in [0.3, 0.4) is 0 Å². The Morgan fingerprint density at radius 1 is 1.15 bits per heavy atom. The summed E-state index contributed by atoms with van der Waals surface area (Å²) < 4.78 is 0. The lowest BCUT2D eigenvalue weighted by Crippen LogP contribution is -2.01. The fourth-order valence-corrected chi connectivity index (χ4v) is 2.18. The number of nitro benzene ring substituents is 1. The van der Waals surface area contributed by atoms with Gasteiger partial charge in [0.1, 0.15) is 6.10 Å². The van der Waals surface area contributed by atoms with Crippen molar-refractivity contribution >= 4 is 5.69 Å². The molecular weight excluding hydrogens is 254 g/mol. The van der Waals surface area contributed by atoms with Crippen molar-refractivity contribution in [2.24, 2.45) is 0 Å². The van der Waals surface area contributed by atoms with Crippen molar-refractivity contribution in [3.63, 3.8) is 0 Å². The zero-order chi connectivity index (χ0) is 14.7. The van der Waals surface area contributed by atoms with E-state index in [1.54, 1.807) is 19.1 Å². The highest BCUT2D eigenvalue weighted by atomic mass is 16.6. The van der Waals surface area contributed by atoms with Crippen LogP contribution in [0.2, 0.25) is 0 Å². The highest BCUT2D eigenvalue weighted by Crippen LogP contribution is 2.26. The third-order valence-electron chi connectivity index (χ3n) is 3.44. The average Bonchev–Trinajstić information content (AvgIpc) is 2.46. The molecule has 1 atom stereocenters. The Balaban J connectivity index is 2.30. The van der Waals surface area contributed by atoms with Gasteiger partial charge in [0.25, 0.3) is 5.69 Å². The SMILES string of the molecule is CCc1ccc(C(O)c2ccc([N+](=O)[O-])c(C)c2)cc1. The second-order valence-electron chi connectivity index (χ2n) is 4.80. The molecule has 0 amide bonds. The molecule has 0 aromatic heterocycles. The van der Waals surface area contributed by atoms with E-state index in [1.807, 2.05) is 24.3 Å². The molecule has 0 saturated heterocycles. The van der Waals surface area contributed by atoms with Gasteiger partial charge in [-0.05, 0) is 42.2 Å². The maximum absolute atomic E-state index is 10.8. The molecule has 1 N–H and O–H groups in total. The summed E-state index contributed by atoms with van der Waals surface area (Å²) in [6.45, 7) is 3.75. The van der Waals surface area contributed by atoms with Crippen LogP contribution in [0.5, 0.6) is 0 Å². The van der Waals surface area contributed by atoms with E-state index in [1.165, 1.54) is 11.6 Å². The van der Waals surface area contributed by atoms with Crippen molar-refractivity contribution < 1.29 is 10.0 Å². The van der Waals surface area contributed by atoms with Crippen LogP contribution in [-0.4, -0.2) is 10.0 Å². The van der Waals surface area contributed by atoms with Gasteiger partial charge in [0.2, 0.25) is 0 Å². The van der Waals surface area contributed by atoms with Crippen LogP contribution in [0.25, 0.3) is 0 Å². The predicted octanol–water partition coefficient (Wildman–Crippen LogP) is 3.55. The largest absolute Gasteiger partial charge is 0.384 e. The fourth-order valence-electron chi connectivity index (χ4n) is 2.18. The zero-order valence-electron chi connectivity index (χ0n) is 11.5. The lowest BCUT2D eigenvalue weighted by Gasteiger charge is -2.12. The molecule has 2 rings (SSSR count). The van der Waals surface area contributed by atoms with E-state index in [-0.39, 0.29) is 5.69 Å². The molecule has 104 valence electrons. The third kappa shape index (κ3) is 2.86. The Kier molecular flexibility index (Phi) is 4.15. The van der Waals surface area contributed by atoms with Gasteiger partial charge in [0.15, 0.2) is 0 Å². The first-order valence-electron chi connectivity index (χ1n) is 6.54. The summed E-state index contributed by atoms with van der Waals surface area (Å²) in [7, 11) is 0. The van der Waals surface area contributed by atoms with Crippen LogP contribution in [0.4, 0.5) is 5.69 Å². The number of aliphatic hydroxyl groups excluding tert-OH is 1. The summed E-state index contributed by atoms with van der Waals surface area (Å²) in [5.74, 6) is 0. The maximum atomic E-state index is 10.8. The number of aryl methyl sites for hydroxylation is 2. The number of hydrogen-bond acceptors (Lipinski definition) is 3. The fraction of sp³-hybridized carbons (Fsp3) is 0.250. The van der Waals surface area contributed by atoms with Gasteiger partial charge in [-0.2, -0.15) is 0 Å². The summed E-state index contributed by atoms with van der Waals surface area (Å²) in [5.41, 5.74) is 3.28. The first kappa shape index (κ1) is 14.2. The van der Waals surface area contributed by atoms with E-state index in [2.05, 4.69) is 6.92 Å². The molecule has 0 heterocycles. The van der Waals surface area contributed by atoms with Crippen molar-refractivity contribution in [3.8, 4) is 0 Å². The van der Waals surface area contributed by atoms with Gasteiger partial charge in [0.05, 0.1) is 4.92 Å². The Morgan fingerprint density at radius 2 is 1.75 bits per heavy atom. The molecule has 0 aliphatic rings. The number of nitro groups is 1. The molecule has 0 saturated carbocycles.